The summed E-state index contributed by atoms with van der Waals surface area (Å²) in [5.41, 5.74) is 2.10. The average Bonchev–Trinajstić information content (AvgIpc) is 2.24. The molecule has 3 nitrogen and oxygen atoms in total. The molecule has 0 saturated heterocycles. The number of hydrogen-bond donors (Lipinski definition) is 1. The van der Waals surface area contributed by atoms with Crippen molar-refractivity contribution < 1.29 is 4.74 Å². The summed E-state index contributed by atoms with van der Waals surface area (Å²) in [6.45, 7) is 3.07. The summed E-state index contributed by atoms with van der Waals surface area (Å²) in [5.74, 6) is 0.878. The Morgan fingerprint density at radius 2 is 2.25 bits per heavy atom. The highest BCUT2D eigenvalue weighted by atomic mass is 35.5. The van der Waals surface area contributed by atoms with Gasteiger partial charge in [0, 0.05) is 11.6 Å². The maximum atomic E-state index is 8.39. The molecule has 0 unspecified atom stereocenters. The zero-order chi connectivity index (χ0) is 12.0. The molecular formula is C12H15ClN2O. The van der Waals surface area contributed by atoms with Crippen LogP contribution in [0.5, 0.6) is 5.75 Å². The lowest BCUT2D eigenvalue weighted by molar-refractivity contribution is 0.406. The molecule has 0 heterocycles. The summed E-state index contributed by atoms with van der Waals surface area (Å²) in [5, 5.41) is 12.1. The van der Waals surface area contributed by atoms with Crippen LogP contribution in [0.15, 0.2) is 12.1 Å². The van der Waals surface area contributed by atoms with Crippen molar-refractivity contribution in [3.05, 3.63) is 28.3 Å². The smallest absolute Gasteiger partial charge is 0.125 e. The second kappa shape index (κ2) is 6.37. The predicted molar refractivity (Wildman–Crippen MR) is 64.9 cm³/mol. The molecule has 1 aromatic carbocycles. The molecule has 0 bridgehead atoms. The fraction of sp³-hybridized carbons (Fsp3) is 0.417. The third-order valence-electron chi connectivity index (χ3n) is 2.30. The fourth-order valence-corrected chi connectivity index (χ4v) is 1.94. The van der Waals surface area contributed by atoms with Crippen LogP contribution in [-0.2, 0) is 6.42 Å². The van der Waals surface area contributed by atoms with Crippen molar-refractivity contribution in [1.29, 1.82) is 5.26 Å². The molecule has 0 atom stereocenters. The van der Waals surface area contributed by atoms with Gasteiger partial charge in [-0.3, -0.25) is 0 Å². The number of hydrogen-bond acceptors (Lipinski definition) is 3. The van der Waals surface area contributed by atoms with E-state index in [4.69, 9.17) is 21.6 Å². The van der Waals surface area contributed by atoms with E-state index >= 15 is 0 Å². The molecule has 0 radical (unpaired) electrons. The molecule has 0 aromatic heterocycles. The quantitative estimate of drug-likeness (QED) is 0.633. The Bertz CT molecular complexity index is 399. The largest absolute Gasteiger partial charge is 0.496 e. The maximum absolute atomic E-state index is 8.39. The summed E-state index contributed by atoms with van der Waals surface area (Å²) in [4.78, 5) is 0. The molecule has 1 aromatic rings. The highest BCUT2D eigenvalue weighted by Crippen LogP contribution is 2.27. The van der Waals surface area contributed by atoms with Gasteiger partial charge in [0.1, 0.15) is 5.75 Å². The average molecular weight is 239 g/mol. The Kier molecular flexibility index (Phi) is 5.10. The lowest BCUT2D eigenvalue weighted by atomic mass is 10.1. The van der Waals surface area contributed by atoms with Crippen molar-refractivity contribution in [1.82, 2.24) is 5.32 Å². The first-order valence-corrected chi connectivity index (χ1v) is 5.47. The Morgan fingerprint density at radius 1 is 1.50 bits per heavy atom. The van der Waals surface area contributed by atoms with Crippen LogP contribution < -0.4 is 10.1 Å². The topological polar surface area (TPSA) is 45.0 Å². The Balaban J connectivity index is 2.74. The summed E-state index contributed by atoms with van der Waals surface area (Å²) in [6, 6.07) is 5.82. The molecule has 0 aliphatic carbocycles. The second-order valence-corrected chi connectivity index (χ2v) is 3.94. The van der Waals surface area contributed by atoms with Gasteiger partial charge in [0.25, 0.3) is 0 Å². The van der Waals surface area contributed by atoms with Gasteiger partial charge in [-0.15, -0.1) is 0 Å². The lowest BCUT2D eigenvalue weighted by Crippen LogP contribution is -2.17. The van der Waals surface area contributed by atoms with Crippen LogP contribution in [0.2, 0.25) is 5.02 Å². The van der Waals surface area contributed by atoms with E-state index in [1.807, 2.05) is 25.1 Å². The van der Waals surface area contributed by atoms with E-state index in [-0.39, 0.29) is 0 Å². The molecule has 1 rings (SSSR count). The van der Waals surface area contributed by atoms with Gasteiger partial charge in [0.15, 0.2) is 0 Å². The van der Waals surface area contributed by atoms with Gasteiger partial charge in [-0.1, -0.05) is 11.6 Å². The van der Waals surface area contributed by atoms with E-state index in [0.29, 0.717) is 11.6 Å². The van der Waals surface area contributed by atoms with E-state index in [9.17, 15) is 0 Å². The van der Waals surface area contributed by atoms with Gasteiger partial charge < -0.3 is 10.1 Å². The summed E-state index contributed by atoms with van der Waals surface area (Å²) >= 11 is 5.99. The highest BCUT2D eigenvalue weighted by molar-refractivity contribution is 6.30. The second-order valence-electron chi connectivity index (χ2n) is 3.50. The van der Waals surface area contributed by atoms with Crippen LogP contribution in [0.3, 0.4) is 0 Å². The first-order valence-electron chi connectivity index (χ1n) is 5.09. The molecule has 0 aliphatic heterocycles. The lowest BCUT2D eigenvalue weighted by Gasteiger charge is -2.12. The first-order chi connectivity index (χ1) is 7.69. The minimum Gasteiger partial charge on any atom is -0.496 e. The highest BCUT2D eigenvalue weighted by Gasteiger charge is 2.07. The third-order valence-corrected chi connectivity index (χ3v) is 2.51. The summed E-state index contributed by atoms with van der Waals surface area (Å²) in [6.07, 6.45) is 0.798. The van der Waals surface area contributed by atoms with E-state index in [1.54, 1.807) is 7.11 Å². The van der Waals surface area contributed by atoms with Crippen LogP contribution in [0, 0.1) is 18.3 Å². The summed E-state index contributed by atoms with van der Waals surface area (Å²) < 4.78 is 5.34. The van der Waals surface area contributed by atoms with Gasteiger partial charge in [-0.25, -0.2) is 0 Å². The maximum Gasteiger partial charge on any atom is 0.125 e. The molecule has 0 saturated carbocycles. The zero-order valence-electron chi connectivity index (χ0n) is 9.51. The van der Waals surface area contributed by atoms with Crippen LogP contribution in [0.4, 0.5) is 0 Å². The van der Waals surface area contributed by atoms with Gasteiger partial charge >= 0.3 is 0 Å². The molecule has 0 amide bonds. The van der Waals surface area contributed by atoms with Crippen LogP contribution in [0.1, 0.15) is 11.1 Å². The SMILES string of the molecule is COc1c(C)cc(Cl)cc1CCNCC#N. The molecule has 0 aliphatic rings. The summed E-state index contributed by atoms with van der Waals surface area (Å²) in [7, 11) is 1.66. The van der Waals surface area contributed by atoms with Crippen molar-refractivity contribution in [2.75, 3.05) is 20.2 Å². The molecule has 16 heavy (non-hydrogen) atoms. The number of rotatable bonds is 5. The molecule has 0 fully saturated rings. The molecule has 0 spiro atoms. The normalized spacial score (nSPS) is 9.88. The third kappa shape index (κ3) is 3.41. The van der Waals surface area contributed by atoms with Crippen LogP contribution in [-0.4, -0.2) is 20.2 Å². The Hall–Kier alpha value is -1.24. The zero-order valence-corrected chi connectivity index (χ0v) is 10.3. The van der Waals surface area contributed by atoms with Crippen molar-refractivity contribution in [3.8, 4) is 11.8 Å². The van der Waals surface area contributed by atoms with E-state index in [1.165, 1.54) is 0 Å². The Labute approximate surface area is 101 Å². The minimum absolute atomic E-state index is 0.363. The first kappa shape index (κ1) is 12.8. The number of aryl methyl sites for hydroxylation is 1. The van der Waals surface area contributed by atoms with Crippen molar-refractivity contribution in [2.24, 2.45) is 0 Å². The molecular weight excluding hydrogens is 224 g/mol. The van der Waals surface area contributed by atoms with Crippen LogP contribution in [0.25, 0.3) is 0 Å². The fourth-order valence-electron chi connectivity index (χ4n) is 1.64. The van der Waals surface area contributed by atoms with Gasteiger partial charge in [0.2, 0.25) is 0 Å². The van der Waals surface area contributed by atoms with Crippen molar-refractivity contribution in [3.63, 3.8) is 0 Å². The Morgan fingerprint density at radius 3 is 2.88 bits per heavy atom. The number of methoxy groups -OCH3 is 1. The molecule has 4 heteroatoms. The van der Waals surface area contributed by atoms with Crippen molar-refractivity contribution in [2.45, 2.75) is 13.3 Å². The van der Waals surface area contributed by atoms with Gasteiger partial charge in [-0.2, -0.15) is 5.26 Å². The predicted octanol–water partition coefficient (Wildman–Crippen LogP) is 2.31. The molecule has 86 valence electrons. The number of benzene rings is 1. The molecule has 1 N–H and O–H groups in total. The number of nitrogens with one attached hydrogen (secondary N) is 1. The van der Waals surface area contributed by atoms with E-state index < -0.39 is 0 Å². The van der Waals surface area contributed by atoms with E-state index in [0.717, 1.165) is 29.8 Å². The number of ether oxygens (including phenoxy) is 1. The minimum atomic E-state index is 0.363. The van der Waals surface area contributed by atoms with Gasteiger partial charge in [-0.05, 0) is 36.6 Å². The van der Waals surface area contributed by atoms with Crippen LogP contribution >= 0.6 is 11.6 Å². The standard InChI is InChI=1S/C12H15ClN2O/c1-9-7-11(13)8-10(12(9)16-2)3-5-15-6-4-14/h7-8,15H,3,5-6H2,1-2H3. The number of nitriles is 1. The number of halogens is 1. The number of nitrogens with zero attached hydrogens (tertiary/aromatic N) is 1. The van der Waals surface area contributed by atoms with Gasteiger partial charge in [0.05, 0.1) is 19.7 Å². The van der Waals surface area contributed by atoms with E-state index in [2.05, 4.69) is 5.32 Å². The van der Waals surface area contributed by atoms with Crippen molar-refractivity contribution >= 4 is 11.6 Å². The monoisotopic (exact) mass is 238 g/mol.